The highest BCUT2D eigenvalue weighted by Gasteiger charge is 2.24. The van der Waals surface area contributed by atoms with Crippen LogP contribution < -0.4 is 0 Å². The molecule has 1 atom stereocenters. The predicted octanol–water partition coefficient (Wildman–Crippen LogP) is 4.08. The minimum atomic E-state index is -0.205. The van der Waals surface area contributed by atoms with Crippen molar-refractivity contribution in [3.8, 4) is 0 Å². The van der Waals surface area contributed by atoms with Crippen LogP contribution >= 0.6 is 11.6 Å². The lowest BCUT2D eigenvalue weighted by atomic mass is 9.90. The average Bonchev–Trinajstić information content (AvgIpc) is 2.46. The lowest BCUT2D eigenvalue weighted by molar-refractivity contribution is 0.587. The van der Waals surface area contributed by atoms with Gasteiger partial charge in [-0.2, -0.15) is 0 Å². The number of fused-ring (bicyclic) bond motifs is 1. The Kier molecular flexibility index (Phi) is 3.68. The normalized spacial score (nSPS) is 17.1. The first-order valence-electron chi connectivity index (χ1n) is 6.82. The van der Waals surface area contributed by atoms with Crippen LogP contribution in [-0.2, 0) is 6.42 Å². The zero-order chi connectivity index (χ0) is 15.0. The van der Waals surface area contributed by atoms with E-state index in [2.05, 4.69) is 0 Å². The van der Waals surface area contributed by atoms with Gasteiger partial charge in [-0.15, -0.1) is 0 Å². The third-order valence-corrected chi connectivity index (χ3v) is 3.98. The van der Waals surface area contributed by atoms with Crippen molar-refractivity contribution in [3.63, 3.8) is 0 Å². The molecule has 1 heterocycles. The summed E-state index contributed by atoms with van der Waals surface area (Å²) >= 11 is 5.96. The van der Waals surface area contributed by atoms with Crippen LogP contribution in [0.25, 0.3) is 0 Å². The standard InChI is InChI=1S/C17H16ClFN2/c1-21(2)16-10-12-9-14(19)7-8-15(12)17(20-16)11-3-5-13(18)6-4-11/h3-9,17H,10H2,1-2H3. The Balaban J connectivity index is 2.11. The van der Waals surface area contributed by atoms with Crippen molar-refractivity contribution in [2.45, 2.75) is 12.5 Å². The fourth-order valence-corrected chi connectivity index (χ4v) is 2.73. The highest BCUT2D eigenvalue weighted by atomic mass is 35.5. The molecule has 4 heteroatoms. The molecule has 0 bridgehead atoms. The molecule has 1 aliphatic rings. The van der Waals surface area contributed by atoms with Gasteiger partial charge in [0.25, 0.3) is 0 Å². The van der Waals surface area contributed by atoms with Gasteiger partial charge in [0.2, 0.25) is 0 Å². The van der Waals surface area contributed by atoms with E-state index in [9.17, 15) is 4.39 Å². The Morgan fingerprint density at radius 2 is 1.86 bits per heavy atom. The van der Waals surface area contributed by atoms with Crippen molar-refractivity contribution in [2.24, 2.45) is 4.99 Å². The average molecular weight is 303 g/mol. The number of benzene rings is 2. The first-order valence-corrected chi connectivity index (χ1v) is 7.20. The van der Waals surface area contributed by atoms with Crippen LogP contribution in [0.5, 0.6) is 0 Å². The molecule has 3 rings (SSSR count). The summed E-state index contributed by atoms with van der Waals surface area (Å²) in [7, 11) is 3.92. The smallest absolute Gasteiger partial charge is 0.123 e. The van der Waals surface area contributed by atoms with Crippen LogP contribution in [0.2, 0.25) is 5.02 Å². The van der Waals surface area contributed by atoms with Crippen LogP contribution in [0.15, 0.2) is 47.5 Å². The van der Waals surface area contributed by atoms with Gasteiger partial charge in [0.1, 0.15) is 17.7 Å². The third-order valence-electron chi connectivity index (χ3n) is 3.73. The number of amidine groups is 1. The molecule has 0 aliphatic carbocycles. The summed E-state index contributed by atoms with van der Waals surface area (Å²) in [6.07, 6.45) is 0.657. The SMILES string of the molecule is CN(C)C1=NC(c2ccc(Cl)cc2)c2ccc(F)cc2C1. The molecule has 0 radical (unpaired) electrons. The van der Waals surface area contributed by atoms with Crippen LogP contribution in [0.4, 0.5) is 4.39 Å². The van der Waals surface area contributed by atoms with Crippen molar-refractivity contribution >= 4 is 17.4 Å². The number of nitrogens with zero attached hydrogens (tertiary/aromatic N) is 2. The van der Waals surface area contributed by atoms with Gasteiger partial charge in [-0.3, -0.25) is 4.99 Å². The van der Waals surface area contributed by atoms with Crippen molar-refractivity contribution in [2.75, 3.05) is 14.1 Å². The maximum atomic E-state index is 13.5. The lowest BCUT2D eigenvalue weighted by Gasteiger charge is -2.27. The quantitative estimate of drug-likeness (QED) is 0.775. The van der Waals surface area contributed by atoms with E-state index in [1.807, 2.05) is 49.3 Å². The monoisotopic (exact) mass is 302 g/mol. The highest BCUT2D eigenvalue weighted by Crippen LogP contribution is 2.34. The Morgan fingerprint density at radius 1 is 1.14 bits per heavy atom. The Labute approximate surface area is 128 Å². The third kappa shape index (κ3) is 2.79. The Hall–Kier alpha value is -1.87. The largest absolute Gasteiger partial charge is 0.366 e. The van der Waals surface area contributed by atoms with Crippen molar-refractivity contribution in [3.05, 3.63) is 70.0 Å². The van der Waals surface area contributed by atoms with Gasteiger partial charge in [-0.1, -0.05) is 29.8 Å². The van der Waals surface area contributed by atoms with Gasteiger partial charge in [-0.25, -0.2) is 4.39 Å². The van der Waals surface area contributed by atoms with Gasteiger partial charge in [0.15, 0.2) is 0 Å². The number of hydrogen-bond donors (Lipinski definition) is 0. The molecule has 0 spiro atoms. The zero-order valence-electron chi connectivity index (χ0n) is 12.0. The van der Waals surface area contributed by atoms with Crippen LogP contribution in [0, 0.1) is 5.82 Å². The second kappa shape index (κ2) is 5.49. The highest BCUT2D eigenvalue weighted by molar-refractivity contribution is 6.30. The van der Waals surface area contributed by atoms with Gasteiger partial charge >= 0.3 is 0 Å². The summed E-state index contributed by atoms with van der Waals surface area (Å²) in [6, 6.07) is 12.5. The van der Waals surface area contributed by atoms with E-state index in [4.69, 9.17) is 16.6 Å². The fourth-order valence-electron chi connectivity index (χ4n) is 2.60. The minimum Gasteiger partial charge on any atom is -0.366 e. The summed E-state index contributed by atoms with van der Waals surface area (Å²) in [5, 5.41) is 0.700. The summed E-state index contributed by atoms with van der Waals surface area (Å²) < 4.78 is 13.5. The molecule has 1 unspecified atom stereocenters. The molecule has 0 saturated carbocycles. The van der Waals surface area contributed by atoms with Crippen LogP contribution in [0.1, 0.15) is 22.7 Å². The number of likely N-dealkylation sites (N-methyl/N-ethyl adjacent to an activating group) is 1. The predicted molar refractivity (Wildman–Crippen MR) is 84.5 cm³/mol. The van der Waals surface area contributed by atoms with Crippen LogP contribution in [-0.4, -0.2) is 24.8 Å². The van der Waals surface area contributed by atoms with Crippen molar-refractivity contribution in [1.29, 1.82) is 0 Å². The Morgan fingerprint density at radius 3 is 2.52 bits per heavy atom. The molecule has 21 heavy (non-hydrogen) atoms. The zero-order valence-corrected chi connectivity index (χ0v) is 12.7. The summed E-state index contributed by atoms with van der Waals surface area (Å²) in [6.45, 7) is 0. The lowest BCUT2D eigenvalue weighted by Crippen LogP contribution is -2.28. The van der Waals surface area contributed by atoms with Crippen molar-refractivity contribution < 1.29 is 4.39 Å². The van der Waals surface area contributed by atoms with E-state index in [1.54, 1.807) is 6.07 Å². The molecule has 0 fully saturated rings. The molecule has 0 N–H and O–H groups in total. The first kappa shape index (κ1) is 14.1. The van der Waals surface area contributed by atoms with Gasteiger partial charge in [0.05, 0.1) is 0 Å². The van der Waals surface area contributed by atoms with Gasteiger partial charge < -0.3 is 4.90 Å². The second-order valence-electron chi connectivity index (χ2n) is 5.41. The van der Waals surface area contributed by atoms with Gasteiger partial charge in [0, 0.05) is 25.5 Å². The maximum Gasteiger partial charge on any atom is 0.123 e. The van der Waals surface area contributed by atoms with E-state index >= 15 is 0 Å². The number of hydrogen-bond acceptors (Lipinski definition) is 2. The Bertz CT molecular complexity index is 692. The molecule has 0 aromatic heterocycles. The second-order valence-corrected chi connectivity index (χ2v) is 5.85. The van der Waals surface area contributed by atoms with E-state index in [1.165, 1.54) is 6.07 Å². The van der Waals surface area contributed by atoms with E-state index in [0.717, 1.165) is 22.5 Å². The molecule has 0 amide bonds. The first-order chi connectivity index (χ1) is 10.0. The molecule has 2 aromatic carbocycles. The molecular weight excluding hydrogens is 287 g/mol. The topological polar surface area (TPSA) is 15.6 Å². The molecule has 1 aliphatic heterocycles. The molecular formula is C17H16ClFN2. The summed E-state index contributed by atoms with van der Waals surface area (Å²) in [5.41, 5.74) is 3.12. The maximum absolute atomic E-state index is 13.5. The van der Waals surface area contributed by atoms with Crippen molar-refractivity contribution in [1.82, 2.24) is 4.90 Å². The molecule has 2 aromatic rings. The van der Waals surface area contributed by atoms with E-state index in [-0.39, 0.29) is 11.9 Å². The number of halogens is 2. The molecule has 2 nitrogen and oxygen atoms in total. The molecule has 0 saturated heterocycles. The minimum absolute atomic E-state index is 0.107. The van der Waals surface area contributed by atoms with E-state index in [0.29, 0.717) is 11.4 Å². The summed E-state index contributed by atoms with van der Waals surface area (Å²) in [4.78, 5) is 6.81. The number of rotatable bonds is 1. The van der Waals surface area contributed by atoms with Crippen LogP contribution in [0.3, 0.4) is 0 Å². The van der Waals surface area contributed by atoms with Gasteiger partial charge in [-0.05, 0) is 41.0 Å². The number of aliphatic imine (C=N–C) groups is 1. The molecule has 108 valence electrons. The summed E-state index contributed by atoms with van der Waals surface area (Å²) in [5.74, 6) is 0.747. The fraction of sp³-hybridized carbons (Fsp3) is 0.235. The van der Waals surface area contributed by atoms with E-state index < -0.39 is 0 Å².